The Hall–Kier alpha value is -1.60. The molecule has 1 unspecified atom stereocenters. The summed E-state index contributed by atoms with van der Waals surface area (Å²) >= 11 is 0. The van der Waals surface area contributed by atoms with Crippen molar-refractivity contribution in [2.45, 2.75) is 19.1 Å². The fourth-order valence-corrected chi connectivity index (χ4v) is 3.06. The summed E-state index contributed by atoms with van der Waals surface area (Å²) in [6.07, 6.45) is -1.74. The number of hydrogen-bond acceptors (Lipinski definition) is 6. The number of rotatable bonds is 5. The van der Waals surface area contributed by atoms with Gasteiger partial charge in [-0.25, -0.2) is 13.2 Å². The van der Waals surface area contributed by atoms with Crippen LogP contribution in [0.2, 0.25) is 0 Å². The second-order valence-electron chi connectivity index (χ2n) is 4.54. The predicted molar refractivity (Wildman–Crippen MR) is 71.1 cm³/mol. The fourth-order valence-electron chi connectivity index (χ4n) is 1.89. The second kappa shape index (κ2) is 5.80. The van der Waals surface area contributed by atoms with Gasteiger partial charge < -0.3 is 14.6 Å². The molecule has 0 spiro atoms. The molecule has 0 aromatic heterocycles. The summed E-state index contributed by atoms with van der Waals surface area (Å²) in [6, 6.07) is 6.35. The zero-order valence-electron chi connectivity index (χ0n) is 11.0. The van der Waals surface area contributed by atoms with Crippen LogP contribution < -0.4 is 4.74 Å². The van der Waals surface area contributed by atoms with Crippen molar-refractivity contribution in [1.82, 2.24) is 0 Å². The molecular formula is C13H16O6S. The zero-order valence-corrected chi connectivity index (χ0v) is 11.8. The molecule has 0 bridgehead atoms. The third kappa shape index (κ3) is 3.49. The Kier molecular flexibility index (Phi) is 4.29. The minimum absolute atomic E-state index is 0.00232. The number of hydrogen-bond donors (Lipinski definition) is 1. The van der Waals surface area contributed by atoms with Gasteiger partial charge >= 0.3 is 5.97 Å². The molecule has 1 N–H and O–H groups in total. The summed E-state index contributed by atoms with van der Waals surface area (Å²) in [4.78, 5) is 11.4. The van der Waals surface area contributed by atoms with Crippen LogP contribution in [-0.4, -0.2) is 43.7 Å². The SMILES string of the molecule is CCOC(=O)C(O)c1cccc(OC2CS(=O)(=O)C2)c1. The normalized spacial score (nSPS) is 18.9. The molecule has 0 radical (unpaired) electrons. The lowest BCUT2D eigenvalue weighted by Gasteiger charge is -2.26. The maximum atomic E-state index is 11.4. The molecule has 2 rings (SSSR count). The first kappa shape index (κ1) is 14.8. The van der Waals surface area contributed by atoms with Gasteiger partial charge in [-0.3, -0.25) is 0 Å². The van der Waals surface area contributed by atoms with Gasteiger partial charge in [0, 0.05) is 0 Å². The first-order valence-electron chi connectivity index (χ1n) is 6.23. The lowest BCUT2D eigenvalue weighted by molar-refractivity contribution is -0.153. The Morgan fingerprint density at radius 1 is 1.45 bits per heavy atom. The highest BCUT2D eigenvalue weighted by Gasteiger charge is 2.35. The molecule has 1 aliphatic rings. The van der Waals surface area contributed by atoms with E-state index in [0.717, 1.165) is 0 Å². The third-order valence-corrected chi connectivity index (χ3v) is 4.63. The third-order valence-electron chi connectivity index (χ3n) is 2.87. The lowest BCUT2D eigenvalue weighted by atomic mass is 10.1. The highest BCUT2D eigenvalue weighted by molar-refractivity contribution is 7.92. The summed E-state index contributed by atoms with van der Waals surface area (Å²) in [5.41, 5.74) is 0.350. The van der Waals surface area contributed by atoms with Crippen LogP contribution in [0.15, 0.2) is 24.3 Å². The van der Waals surface area contributed by atoms with E-state index in [-0.39, 0.29) is 24.2 Å². The standard InChI is InChI=1S/C13H16O6S/c1-2-18-13(15)12(14)9-4-3-5-10(6-9)19-11-7-20(16,17)8-11/h3-6,11-12,14H,2,7-8H2,1H3. The summed E-state index contributed by atoms with van der Waals surface area (Å²) in [7, 11) is -2.95. The second-order valence-corrected chi connectivity index (χ2v) is 6.70. The number of carbonyl (C=O) groups is 1. The quantitative estimate of drug-likeness (QED) is 0.795. The van der Waals surface area contributed by atoms with Crippen LogP contribution in [0.1, 0.15) is 18.6 Å². The van der Waals surface area contributed by atoms with E-state index < -0.39 is 21.9 Å². The molecule has 0 saturated carbocycles. The molecule has 1 aromatic rings. The van der Waals surface area contributed by atoms with E-state index in [0.29, 0.717) is 11.3 Å². The smallest absolute Gasteiger partial charge is 0.339 e. The molecule has 20 heavy (non-hydrogen) atoms. The van der Waals surface area contributed by atoms with Crippen molar-refractivity contribution < 1.29 is 27.8 Å². The molecule has 7 heteroatoms. The predicted octanol–water partition coefficient (Wildman–Crippen LogP) is 0.459. The maximum absolute atomic E-state index is 11.4. The monoisotopic (exact) mass is 300 g/mol. The van der Waals surface area contributed by atoms with Crippen molar-refractivity contribution in [3.8, 4) is 5.75 Å². The summed E-state index contributed by atoms with van der Waals surface area (Å²) < 4.78 is 32.3. The van der Waals surface area contributed by atoms with Crippen LogP contribution in [-0.2, 0) is 19.4 Å². The van der Waals surface area contributed by atoms with Gasteiger partial charge in [-0.05, 0) is 24.6 Å². The Bertz CT molecular complexity index is 583. The van der Waals surface area contributed by atoms with Crippen molar-refractivity contribution in [3.63, 3.8) is 0 Å². The number of carbonyl (C=O) groups excluding carboxylic acids is 1. The highest BCUT2D eigenvalue weighted by Crippen LogP contribution is 2.24. The van der Waals surface area contributed by atoms with Crippen molar-refractivity contribution >= 4 is 15.8 Å². The number of esters is 1. The minimum Gasteiger partial charge on any atom is -0.488 e. The van der Waals surface area contributed by atoms with Crippen LogP contribution >= 0.6 is 0 Å². The first-order chi connectivity index (χ1) is 9.41. The van der Waals surface area contributed by atoms with Crippen molar-refractivity contribution in [1.29, 1.82) is 0 Å². The van der Waals surface area contributed by atoms with Crippen molar-refractivity contribution in [3.05, 3.63) is 29.8 Å². The van der Waals surface area contributed by atoms with Gasteiger partial charge in [-0.2, -0.15) is 0 Å². The highest BCUT2D eigenvalue weighted by atomic mass is 32.2. The molecule has 1 aliphatic heterocycles. The number of ether oxygens (including phenoxy) is 2. The molecule has 1 atom stereocenters. The molecule has 1 saturated heterocycles. The van der Waals surface area contributed by atoms with Crippen molar-refractivity contribution in [2.75, 3.05) is 18.1 Å². The molecule has 0 amide bonds. The number of sulfone groups is 1. The van der Waals surface area contributed by atoms with E-state index in [2.05, 4.69) is 0 Å². The Morgan fingerprint density at radius 2 is 2.15 bits per heavy atom. The van der Waals surface area contributed by atoms with E-state index in [1.807, 2.05) is 0 Å². The average molecular weight is 300 g/mol. The van der Waals surface area contributed by atoms with Gasteiger partial charge in [0.15, 0.2) is 15.9 Å². The van der Waals surface area contributed by atoms with Gasteiger partial charge in [0.05, 0.1) is 18.1 Å². The minimum atomic E-state index is -2.95. The molecule has 6 nitrogen and oxygen atoms in total. The lowest BCUT2D eigenvalue weighted by Crippen LogP contribution is -2.45. The van der Waals surface area contributed by atoms with E-state index in [9.17, 15) is 18.3 Å². The Morgan fingerprint density at radius 3 is 2.75 bits per heavy atom. The zero-order chi connectivity index (χ0) is 14.8. The summed E-state index contributed by atoms with van der Waals surface area (Å²) in [6.45, 7) is 1.84. The summed E-state index contributed by atoms with van der Waals surface area (Å²) in [5.74, 6) is -0.309. The number of aliphatic hydroxyl groups is 1. The van der Waals surface area contributed by atoms with Crippen molar-refractivity contribution in [2.24, 2.45) is 0 Å². The molecule has 1 fully saturated rings. The van der Waals surface area contributed by atoms with E-state index in [4.69, 9.17) is 9.47 Å². The molecular weight excluding hydrogens is 284 g/mol. The van der Waals surface area contributed by atoms with Gasteiger partial charge in [0.2, 0.25) is 0 Å². The van der Waals surface area contributed by atoms with Gasteiger partial charge in [0.1, 0.15) is 11.9 Å². The number of benzene rings is 1. The average Bonchev–Trinajstić information content (AvgIpc) is 2.36. The van der Waals surface area contributed by atoms with Gasteiger partial charge in [-0.15, -0.1) is 0 Å². The molecule has 1 aromatic carbocycles. The Balaban J connectivity index is 2.02. The first-order valence-corrected chi connectivity index (χ1v) is 8.05. The van der Waals surface area contributed by atoms with Crippen LogP contribution in [0.4, 0.5) is 0 Å². The van der Waals surface area contributed by atoms with Crippen LogP contribution in [0.5, 0.6) is 5.75 Å². The van der Waals surface area contributed by atoms with Crippen LogP contribution in [0, 0.1) is 0 Å². The maximum Gasteiger partial charge on any atom is 0.339 e. The van der Waals surface area contributed by atoms with E-state index >= 15 is 0 Å². The van der Waals surface area contributed by atoms with Crippen LogP contribution in [0.25, 0.3) is 0 Å². The van der Waals surface area contributed by atoms with Gasteiger partial charge in [-0.1, -0.05) is 12.1 Å². The molecule has 1 heterocycles. The van der Waals surface area contributed by atoms with E-state index in [1.54, 1.807) is 25.1 Å². The fraction of sp³-hybridized carbons (Fsp3) is 0.462. The van der Waals surface area contributed by atoms with Crippen LogP contribution in [0.3, 0.4) is 0 Å². The molecule has 0 aliphatic carbocycles. The number of aliphatic hydroxyl groups excluding tert-OH is 1. The van der Waals surface area contributed by atoms with Gasteiger partial charge in [0.25, 0.3) is 0 Å². The largest absolute Gasteiger partial charge is 0.488 e. The topological polar surface area (TPSA) is 89.9 Å². The molecule has 110 valence electrons. The summed E-state index contributed by atoms with van der Waals surface area (Å²) in [5, 5.41) is 9.81. The Labute approximate surface area is 117 Å². The van der Waals surface area contributed by atoms with E-state index in [1.165, 1.54) is 6.07 Å².